The van der Waals surface area contributed by atoms with Crippen molar-refractivity contribution in [3.05, 3.63) is 23.9 Å². The molecule has 0 radical (unpaired) electrons. The standard InChI is InChI=1S/C16H25N3/c1-12(2)14-4-5-16(17-8-14)18-7-6-15(11-18)19-9-13(3)10-19/h4-5,8,12-13,15H,6-7,9-11H2,1-3H3. The van der Waals surface area contributed by atoms with E-state index < -0.39 is 0 Å². The summed E-state index contributed by atoms with van der Waals surface area (Å²) in [4.78, 5) is 9.72. The molecule has 0 saturated carbocycles. The maximum Gasteiger partial charge on any atom is 0.128 e. The molecule has 3 nitrogen and oxygen atoms in total. The Morgan fingerprint density at radius 3 is 2.58 bits per heavy atom. The molecule has 2 fully saturated rings. The Bertz CT molecular complexity index is 420. The number of aromatic nitrogens is 1. The number of hydrogen-bond donors (Lipinski definition) is 0. The lowest BCUT2D eigenvalue weighted by Crippen LogP contribution is -2.51. The van der Waals surface area contributed by atoms with Gasteiger partial charge in [-0.15, -0.1) is 0 Å². The summed E-state index contributed by atoms with van der Waals surface area (Å²) in [5.41, 5.74) is 1.33. The lowest BCUT2D eigenvalue weighted by Gasteiger charge is -2.41. The fourth-order valence-corrected chi connectivity index (χ4v) is 3.22. The third-order valence-corrected chi connectivity index (χ3v) is 4.53. The van der Waals surface area contributed by atoms with E-state index in [2.05, 4.69) is 47.7 Å². The van der Waals surface area contributed by atoms with Gasteiger partial charge in [-0.1, -0.05) is 26.8 Å². The fraction of sp³-hybridized carbons (Fsp3) is 0.688. The van der Waals surface area contributed by atoms with Gasteiger partial charge in [0.25, 0.3) is 0 Å². The molecule has 0 bridgehead atoms. The summed E-state index contributed by atoms with van der Waals surface area (Å²) in [5, 5.41) is 0. The summed E-state index contributed by atoms with van der Waals surface area (Å²) < 4.78 is 0. The van der Waals surface area contributed by atoms with E-state index in [4.69, 9.17) is 0 Å². The summed E-state index contributed by atoms with van der Waals surface area (Å²) in [5.74, 6) is 2.62. The van der Waals surface area contributed by atoms with Gasteiger partial charge < -0.3 is 4.90 Å². The number of rotatable bonds is 3. The van der Waals surface area contributed by atoms with Crippen LogP contribution in [0.4, 0.5) is 5.82 Å². The van der Waals surface area contributed by atoms with E-state index in [-0.39, 0.29) is 0 Å². The van der Waals surface area contributed by atoms with Crippen LogP contribution in [0.3, 0.4) is 0 Å². The number of nitrogens with zero attached hydrogens (tertiary/aromatic N) is 3. The first-order valence-corrected chi connectivity index (χ1v) is 7.58. The minimum atomic E-state index is 0.565. The third kappa shape index (κ3) is 2.62. The van der Waals surface area contributed by atoms with Crippen LogP contribution in [0, 0.1) is 5.92 Å². The number of anilines is 1. The zero-order valence-corrected chi connectivity index (χ0v) is 12.3. The lowest BCUT2D eigenvalue weighted by atomic mass is 9.99. The van der Waals surface area contributed by atoms with Crippen molar-refractivity contribution in [3.8, 4) is 0 Å². The van der Waals surface area contributed by atoms with Gasteiger partial charge in [0, 0.05) is 38.4 Å². The quantitative estimate of drug-likeness (QED) is 0.832. The molecule has 3 heteroatoms. The molecule has 2 aliphatic rings. The van der Waals surface area contributed by atoms with E-state index in [0.717, 1.165) is 30.9 Å². The summed E-state index contributed by atoms with van der Waals surface area (Å²) in [6.45, 7) is 11.7. The Labute approximate surface area is 116 Å². The van der Waals surface area contributed by atoms with Crippen molar-refractivity contribution >= 4 is 5.82 Å². The molecule has 0 aliphatic carbocycles. The highest BCUT2D eigenvalue weighted by molar-refractivity contribution is 5.41. The van der Waals surface area contributed by atoms with Crippen LogP contribution >= 0.6 is 0 Å². The maximum atomic E-state index is 4.64. The summed E-state index contributed by atoms with van der Waals surface area (Å²) in [6.07, 6.45) is 3.33. The average molecular weight is 259 g/mol. The van der Waals surface area contributed by atoms with E-state index in [1.807, 2.05) is 6.20 Å². The Morgan fingerprint density at radius 2 is 2.00 bits per heavy atom. The molecule has 1 aromatic rings. The van der Waals surface area contributed by atoms with Gasteiger partial charge in [0.15, 0.2) is 0 Å². The van der Waals surface area contributed by atoms with Gasteiger partial charge in [0.1, 0.15) is 5.82 Å². The minimum Gasteiger partial charge on any atom is -0.355 e. The van der Waals surface area contributed by atoms with E-state index >= 15 is 0 Å². The monoisotopic (exact) mass is 259 g/mol. The van der Waals surface area contributed by atoms with Crippen molar-refractivity contribution in [2.75, 3.05) is 31.1 Å². The molecule has 0 spiro atoms. The van der Waals surface area contributed by atoms with Gasteiger partial charge in [-0.25, -0.2) is 4.98 Å². The number of hydrogen-bond acceptors (Lipinski definition) is 3. The maximum absolute atomic E-state index is 4.64. The van der Waals surface area contributed by atoms with Gasteiger partial charge in [-0.05, 0) is 29.9 Å². The lowest BCUT2D eigenvalue weighted by molar-refractivity contribution is 0.0718. The molecular weight excluding hydrogens is 234 g/mol. The van der Waals surface area contributed by atoms with Crippen molar-refractivity contribution in [3.63, 3.8) is 0 Å². The van der Waals surface area contributed by atoms with Crippen molar-refractivity contribution in [2.24, 2.45) is 5.92 Å². The van der Waals surface area contributed by atoms with Crippen LogP contribution in [0.1, 0.15) is 38.7 Å². The summed E-state index contributed by atoms with van der Waals surface area (Å²) in [6, 6.07) is 5.17. The fourth-order valence-electron chi connectivity index (χ4n) is 3.22. The Kier molecular flexibility index (Phi) is 3.48. The highest BCUT2D eigenvalue weighted by atomic mass is 15.3. The molecule has 0 N–H and O–H groups in total. The molecule has 19 heavy (non-hydrogen) atoms. The molecular formula is C16H25N3. The third-order valence-electron chi connectivity index (χ3n) is 4.53. The predicted molar refractivity (Wildman–Crippen MR) is 79.7 cm³/mol. The minimum absolute atomic E-state index is 0.565. The molecule has 1 unspecified atom stereocenters. The first-order valence-electron chi connectivity index (χ1n) is 7.58. The van der Waals surface area contributed by atoms with Crippen LogP contribution in [-0.2, 0) is 0 Å². The van der Waals surface area contributed by atoms with Crippen LogP contribution in [0.25, 0.3) is 0 Å². The van der Waals surface area contributed by atoms with E-state index in [9.17, 15) is 0 Å². The second kappa shape index (κ2) is 5.12. The Hall–Kier alpha value is -1.09. The largest absolute Gasteiger partial charge is 0.355 e. The van der Waals surface area contributed by atoms with Gasteiger partial charge in [0.2, 0.25) is 0 Å². The highest BCUT2D eigenvalue weighted by Crippen LogP contribution is 2.27. The van der Waals surface area contributed by atoms with E-state index in [0.29, 0.717) is 5.92 Å². The second-order valence-corrected chi connectivity index (χ2v) is 6.55. The molecule has 0 amide bonds. The van der Waals surface area contributed by atoms with Crippen molar-refractivity contribution in [1.29, 1.82) is 0 Å². The van der Waals surface area contributed by atoms with Crippen LogP contribution in [0.2, 0.25) is 0 Å². The van der Waals surface area contributed by atoms with Gasteiger partial charge in [-0.3, -0.25) is 4.90 Å². The summed E-state index contributed by atoms with van der Waals surface area (Å²) in [7, 11) is 0. The smallest absolute Gasteiger partial charge is 0.128 e. The molecule has 0 aromatic carbocycles. The number of likely N-dealkylation sites (tertiary alicyclic amines) is 1. The second-order valence-electron chi connectivity index (χ2n) is 6.55. The first-order chi connectivity index (χ1) is 9.13. The molecule has 104 valence electrons. The zero-order valence-electron chi connectivity index (χ0n) is 12.3. The van der Waals surface area contributed by atoms with Crippen LogP contribution in [0.5, 0.6) is 0 Å². The predicted octanol–water partition coefficient (Wildman–Crippen LogP) is 2.74. The molecule has 1 aromatic heterocycles. The molecule has 2 saturated heterocycles. The van der Waals surface area contributed by atoms with Crippen LogP contribution < -0.4 is 4.90 Å². The van der Waals surface area contributed by atoms with Gasteiger partial charge in [-0.2, -0.15) is 0 Å². The van der Waals surface area contributed by atoms with Crippen molar-refractivity contribution < 1.29 is 0 Å². The molecule has 2 aliphatic heterocycles. The highest BCUT2D eigenvalue weighted by Gasteiger charge is 2.34. The molecule has 3 rings (SSSR count). The van der Waals surface area contributed by atoms with Crippen molar-refractivity contribution in [1.82, 2.24) is 9.88 Å². The summed E-state index contributed by atoms with van der Waals surface area (Å²) >= 11 is 0. The van der Waals surface area contributed by atoms with Crippen molar-refractivity contribution in [2.45, 2.75) is 39.2 Å². The van der Waals surface area contributed by atoms with Gasteiger partial charge in [0.05, 0.1) is 0 Å². The molecule has 3 heterocycles. The van der Waals surface area contributed by atoms with Crippen LogP contribution in [0.15, 0.2) is 18.3 Å². The van der Waals surface area contributed by atoms with E-state index in [1.54, 1.807) is 0 Å². The topological polar surface area (TPSA) is 19.4 Å². The molecule has 1 atom stereocenters. The SMILES string of the molecule is CC1CN(C2CCN(c3ccc(C(C)C)cn3)C2)C1. The normalized spacial score (nSPS) is 25.1. The Balaban J connectivity index is 1.61. The average Bonchev–Trinajstić information content (AvgIpc) is 2.84. The van der Waals surface area contributed by atoms with E-state index in [1.165, 1.54) is 25.1 Å². The van der Waals surface area contributed by atoms with Crippen LogP contribution in [-0.4, -0.2) is 42.1 Å². The Morgan fingerprint density at radius 1 is 1.21 bits per heavy atom. The zero-order chi connectivity index (χ0) is 13.4. The first kappa shape index (κ1) is 12.9. The van der Waals surface area contributed by atoms with Gasteiger partial charge >= 0.3 is 0 Å². The number of pyridine rings is 1.